The number of halogens is 1. The van der Waals surface area contributed by atoms with Crippen molar-refractivity contribution in [1.82, 2.24) is 5.32 Å². The highest BCUT2D eigenvalue weighted by atomic mass is 19.1. The second kappa shape index (κ2) is 5.71. The molecular formula is C12H18FNO. The average Bonchev–Trinajstić information content (AvgIpc) is 2.27. The van der Waals surface area contributed by atoms with Crippen LogP contribution in [0, 0.1) is 5.82 Å². The number of rotatable bonds is 5. The van der Waals surface area contributed by atoms with Gasteiger partial charge in [0.15, 0.2) is 11.6 Å². The molecule has 1 atom stereocenters. The number of nitrogens with one attached hydrogen (secondary N) is 1. The predicted octanol–water partition coefficient (Wildman–Crippen LogP) is 2.37. The van der Waals surface area contributed by atoms with E-state index in [4.69, 9.17) is 4.74 Å². The fourth-order valence-electron chi connectivity index (χ4n) is 1.42. The van der Waals surface area contributed by atoms with Gasteiger partial charge in [0.2, 0.25) is 0 Å². The molecule has 1 unspecified atom stereocenters. The van der Waals surface area contributed by atoms with E-state index < -0.39 is 0 Å². The first-order valence-corrected chi connectivity index (χ1v) is 5.17. The van der Waals surface area contributed by atoms with E-state index in [2.05, 4.69) is 12.2 Å². The molecule has 0 amide bonds. The summed E-state index contributed by atoms with van der Waals surface area (Å²) in [6, 6.07) is 5.66. The van der Waals surface area contributed by atoms with Crippen molar-refractivity contribution in [2.75, 3.05) is 14.2 Å². The van der Waals surface area contributed by atoms with Gasteiger partial charge >= 0.3 is 0 Å². The maximum absolute atomic E-state index is 13.7. The van der Waals surface area contributed by atoms with E-state index in [1.54, 1.807) is 12.1 Å². The molecule has 0 aliphatic carbocycles. The highest BCUT2D eigenvalue weighted by Crippen LogP contribution is 2.21. The third-order valence-electron chi connectivity index (χ3n) is 2.60. The summed E-state index contributed by atoms with van der Waals surface area (Å²) < 4.78 is 18.6. The van der Waals surface area contributed by atoms with Gasteiger partial charge in [-0.2, -0.15) is 0 Å². The van der Waals surface area contributed by atoms with Gasteiger partial charge in [0.05, 0.1) is 7.11 Å². The molecule has 3 heteroatoms. The Hall–Kier alpha value is -1.09. The number of hydrogen-bond acceptors (Lipinski definition) is 2. The number of methoxy groups -OCH3 is 1. The molecule has 0 spiro atoms. The van der Waals surface area contributed by atoms with E-state index in [1.165, 1.54) is 7.11 Å². The van der Waals surface area contributed by atoms with Crippen LogP contribution in [-0.4, -0.2) is 20.2 Å². The summed E-state index contributed by atoms with van der Waals surface area (Å²) in [5.41, 5.74) is 0.719. The average molecular weight is 211 g/mol. The smallest absolute Gasteiger partial charge is 0.168 e. The number of aryl methyl sites for hydroxylation is 1. The first kappa shape index (κ1) is 12.0. The quantitative estimate of drug-likeness (QED) is 0.807. The molecule has 0 saturated heterocycles. The summed E-state index contributed by atoms with van der Waals surface area (Å²) in [5.74, 6) is 0.0907. The SMILES string of the molecule is CNC(C)CCc1cccc(OC)c1F. The zero-order chi connectivity index (χ0) is 11.3. The minimum atomic E-state index is -0.233. The van der Waals surface area contributed by atoms with Crippen LogP contribution in [-0.2, 0) is 6.42 Å². The van der Waals surface area contributed by atoms with E-state index in [-0.39, 0.29) is 5.82 Å². The maximum Gasteiger partial charge on any atom is 0.168 e. The molecular weight excluding hydrogens is 193 g/mol. The Morgan fingerprint density at radius 2 is 2.20 bits per heavy atom. The lowest BCUT2D eigenvalue weighted by atomic mass is 10.1. The second-order valence-electron chi connectivity index (χ2n) is 3.66. The van der Waals surface area contributed by atoms with Crippen molar-refractivity contribution in [3.05, 3.63) is 29.6 Å². The molecule has 1 aromatic rings. The van der Waals surface area contributed by atoms with Crippen LogP contribution in [0.25, 0.3) is 0 Å². The van der Waals surface area contributed by atoms with Gasteiger partial charge in [-0.25, -0.2) is 4.39 Å². The molecule has 0 aliphatic rings. The molecule has 2 nitrogen and oxygen atoms in total. The highest BCUT2D eigenvalue weighted by Gasteiger charge is 2.08. The van der Waals surface area contributed by atoms with Gasteiger partial charge in [-0.15, -0.1) is 0 Å². The molecule has 1 rings (SSSR count). The molecule has 0 saturated carbocycles. The highest BCUT2D eigenvalue weighted by molar-refractivity contribution is 5.31. The molecule has 0 heterocycles. The molecule has 0 fully saturated rings. The topological polar surface area (TPSA) is 21.3 Å². The van der Waals surface area contributed by atoms with Gasteiger partial charge in [-0.1, -0.05) is 12.1 Å². The number of ether oxygens (including phenoxy) is 1. The van der Waals surface area contributed by atoms with E-state index in [0.29, 0.717) is 11.8 Å². The predicted molar refractivity (Wildman–Crippen MR) is 59.8 cm³/mol. The van der Waals surface area contributed by atoms with Crippen molar-refractivity contribution < 1.29 is 9.13 Å². The number of hydrogen-bond donors (Lipinski definition) is 1. The Morgan fingerprint density at radius 1 is 1.47 bits per heavy atom. The summed E-state index contributed by atoms with van der Waals surface area (Å²) in [6.07, 6.45) is 1.64. The van der Waals surface area contributed by atoms with Crippen molar-refractivity contribution in [2.45, 2.75) is 25.8 Å². The van der Waals surface area contributed by atoms with Gasteiger partial charge in [-0.05, 0) is 38.4 Å². The zero-order valence-electron chi connectivity index (χ0n) is 9.51. The van der Waals surface area contributed by atoms with Gasteiger partial charge in [0.1, 0.15) is 0 Å². The Bertz CT molecular complexity index is 314. The standard InChI is InChI=1S/C12H18FNO/c1-9(14-2)7-8-10-5-4-6-11(15-3)12(10)13/h4-6,9,14H,7-8H2,1-3H3. The van der Waals surface area contributed by atoms with Crippen LogP contribution in [0.4, 0.5) is 4.39 Å². The van der Waals surface area contributed by atoms with Crippen LogP contribution in [0.15, 0.2) is 18.2 Å². The number of benzene rings is 1. The normalized spacial score (nSPS) is 12.5. The molecule has 84 valence electrons. The Balaban J connectivity index is 2.68. The minimum Gasteiger partial charge on any atom is -0.494 e. The molecule has 0 aromatic heterocycles. The summed E-state index contributed by atoms with van der Waals surface area (Å²) >= 11 is 0. The third kappa shape index (κ3) is 3.20. The van der Waals surface area contributed by atoms with Gasteiger partial charge < -0.3 is 10.1 Å². The first-order valence-electron chi connectivity index (χ1n) is 5.17. The summed E-state index contributed by atoms with van der Waals surface area (Å²) in [7, 11) is 3.39. The molecule has 15 heavy (non-hydrogen) atoms. The van der Waals surface area contributed by atoms with Crippen molar-refractivity contribution >= 4 is 0 Å². The largest absolute Gasteiger partial charge is 0.494 e. The van der Waals surface area contributed by atoms with E-state index >= 15 is 0 Å². The minimum absolute atomic E-state index is 0.233. The summed E-state index contributed by atoms with van der Waals surface area (Å²) in [6.45, 7) is 2.08. The Morgan fingerprint density at radius 3 is 2.80 bits per heavy atom. The molecule has 0 bridgehead atoms. The fraction of sp³-hybridized carbons (Fsp3) is 0.500. The lowest BCUT2D eigenvalue weighted by Gasteiger charge is -2.11. The van der Waals surface area contributed by atoms with Crippen LogP contribution in [0.3, 0.4) is 0 Å². The van der Waals surface area contributed by atoms with Crippen molar-refractivity contribution in [2.24, 2.45) is 0 Å². The van der Waals surface area contributed by atoms with Gasteiger partial charge in [-0.3, -0.25) is 0 Å². The van der Waals surface area contributed by atoms with Gasteiger partial charge in [0, 0.05) is 6.04 Å². The van der Waals surface area contributed by atoms with Crippen molar-refractivity contribution in [3.8, 4) is 5.75 Å². The molecule has 0 aliphatic heterocycles. The monoisotopic (exact) mass is 211 g/mol. The van der Waals surface area contributed by atoms with E-state index in [1.807, 2.05) is 13.1 Å². The van der Waals surface area contributed by atoms with Crippen LogP contribution >= 0.6 is 0 Å². The van der Waals surface area contributed by atoms with Crippen LogP contribution < -0.4 is 10.1 Å². The Kier molecular flexibility index (Phi) is 4.56. The fourth-order valence-corrected chi connectivity index (χ4v) is 1.42. The molecule has 1 aromatic carbocycles. The summed E-state index contributed by atoms with van der Waals surface area (Å²) in [5, 5.41) is 3.13. The van der Waals surface area contributed by atoms with Crippen molar-refractivity contribution in [1.29, 1.82) is 0 Å². The second-order valence-corrected chi connectivity index (χ2v) is 3.66. The van der Waals surface area contributed by atoms with Gasteiger partial charge in [0.25, 0.3) is 0 Å². The molecule has 0 radical (unpaired) electrons. The van der Waals surface area contributed by atoms with Crippen LogP contribution in [0.2, 0.25) is 0 Å². The first-order chi connectivity index (χ1) is 7.19. The molecule has 1 N–H and O–H groups in total. The van der Waals surface area contributed by atoms with E-state index in [0.717, 1.165) is 18.4 Å². The van der Waals surface area contributed by atoms with Crippen molar-refractivity contribution in [3.63, 3.8) is 0 Å². The van der Waals surface area contributed by atoms with Crippen LogP contribution in [0.1, 0.15) is 18.9 Å². The maximum atomic E-state index is 13.7. The lowest BCUT2D eigenvalue weighted by Crippen LogP contribution is -2.21. The van der Waals surface area contributed by atoms with Crippen LogP contribution in [0.5, 0.6) is 5.75 Å². The Labute approximate surface area is 90.4 Å². The lowest BCUT2D eigenvalue weighted by molar-refractivity contribution is 0.383. The zero-order valence-corrected chi connectivity index (χ0v) is 9.51. The van der Waals surface area contributed by atoms with E-state index in [9.17, 15) is 4.39 Å². The third-order valence-corrected chi connectivity index (χ3v) is 2.60. The summed E-state index contributed by atoms with van der Waals surface area (Å²) in [4.78, 5) is 0.